The summed E-state index contributed by atoms with van der Waals surface area (Å²) in [6.45, 7) is 6.49. The Kier molecular flexibility index (Phi) is 6.40. The van der Waals surface area contributed by atoms with Gasteiger partial charge in [-0.25, -0.2) is 4.79 Å². The van der Waals surface area contributed by atoms with Gasteiger partial charge in [-0.05, 0) is 51.3 Å². The van der Waals surface area contributed by atoms with E-state index in [4.69, 9.17) is 4.74 Å². The van der Waals surface area contributed by atoms with Gasteiger partial charge in [0, 0.05) is 18.7 Å². The molecule has 1 aliphatic heterocycles. The van der Waals surface area contributed by atoms with Crippen molar-refractivity contribution < 1.29 is 24.2 Å². The first-order valence-corrected chi connectivity index (χ1v) is 9.14. The predicted octanol–water partition coefficient (Wildman–Crippen LogP) is 3.52. The van der Waals surface area contributed by atoms with Gasteiger partial charge in [-0.1, -0.05) is 18.9 Å². The van der Waals surface area contributed by atoms with Crippen molar-refractivity contribution in [3.05, 3.63) is 29.3 Å². The number of ether oxygens (including phenoxy) is 1. The SMILES string of the molecule is CCOC(=O)CCCCCCN1C(=O)C(C)(C)c2ccc(C(=O)O)cc21. The molecule has 0 atom stereocenters. The number of fused-ring (bicyclic) bond motifs is 1. The number of aromatic carboxylic acids is 1. The highest BCUT2D eigenvalue weighted by molar-refractivity contribution is 6.08. The molecule has 2 rings (SSSR count). The lowest BCUT2D eigenvalue weighted by atomic mass is 9.86. The van der Waals surface area contributed by atoms with Crippen molar-refractivity contribution in [2.24, 2.45) is 0 Å². The Labute approximate surface area is 154 Å². The van der Waals surface area contributed by atoms with Gasteiger partial charge in [-0.2, -0.15) is 0 Å². The Balaban J connectivity index is 1.94. The minimum atomic E-state index is -0.996. The van der Waals surface area contributed by atoms with Crippen molar-refractivity contribution in [2.75, 3.05) is 18.1 Å². The molecule has 1 aromatic rings. The van der Waals surface area contributed by atoms with Crippen molar-refractivity contribution in [1.29, 1.82) is 0 Å². The first-order chi connectivity index (χ1) is 12.3. The molecule has 1 heterocycles. The molecule has 0 bridgehead atoms. The van der Waals surface area contributed by atoms with E-state index in [0.29, 0.717) is 25.3 Å². The molecule has 1 aromatic carbocycles. The second kappa shape index (κ2) is 8.34. The van der Waals surface area contributed by atoms with Crippen LogP contribution in [0, 0.1) is 0 Å². The first kappa shape index (κ1) is 19.9. The van der Waals surface area contributed by atoms with Crippen molar-refractivity contribution >= 4 is 23.5 Å². The molecule has 0 saturated carbocycles. The number of nitrogens with zero attached hydrogens (tertiary/aromatic N) is 1. The summed E-state index contributed by atoms with van der Waals surface area (Å²) in [7, 11) is 0. The van der Waals surface area contributed by atoms with Crippen LogP contribution in [-0.4, -0.2) is 36.1 Å². The third-order valence-electron chi connectivity index (χ3n) is 4.81. The number of carbonyl (C=O) groups is 3. The molecule has 6 nitrogen and oxygen atoms in total. The van der Waals surface area contributed by atoms with Gasteiger partial charge in [0.25, 0.3) is 0 Å². The largest absolute Gasteiger partial charge is 0.478 e. The monoisotopic (exact) mass is 361 g/mol. The van der Waals surface area contributed by atoms with E-state index in [-0.39, 0.29) is 17.4 Å². The van der Waals surface area contributed by atoms with Crippen LogP contribution in [0.15, 0.2) is 18.2 Å². The molecule has 1 amide bonds. The van der Waals surface area contributed by atoms with Gasteiger partial charge in [0.15, 0.2) is 0 Å². The number of hydrogen-bond acceptors (Lipinski definition) is 4. The fourth-order valence-electron chi connectivity index (χ4n) is 3.33. The number of unbranched alkanes of at least 4 members (excludes halogenated alkanes) is 3. The highest BCUT2D eigenvalue weighted by Crippen LogP contribution is 2.42. The maximum absolute atomic E-state index is 12.8. The second-order valence-corrected chi connectivity index (χ2v) is 7.09. The molecule has 1 N–H and O–H groups in total. The van der Waals surface area contributed by atoms with E-state index in [1.165, 1.54) is 0 Å². The molecule has 1 aliphatic rings. The average molecular weight is 361 g/mol. The number of anilines is 1. The van der Waals surface area contributed by atoms with E-state index >= 15 is 0 Å². The smallest absolute Gasteiger partial charge is 0.335 e. The molecule has 0 radical (unpaired) electrons. The number of hydrogen-bond donors (Lipinski definition) is 1. The number of esters is 1. The van der Waals surface area contributed by atoms with Gasteiger partial charge >= 0.3 is 11.9 Å². The van der Waals surface area contributed by atoms with Crippen LogP contribution in [0.2, 0.25) is 0 Å². The molecule has 0 saturated heterocycles. The molecule has 26 heavy (non-hydrogen) atoms. The number of carboxylic acids is 1. The number of benzene rings is 1. The van der Waals surface area contributed by atoms with E-state index in [1.807, 2.05) is 13.8 Å². The van der Waals surface area contributed by atoms with Gasteiger partial charge in [0.1, 0.15) is 0 Å². The molecule has 6 heteroatoms. The fourth-order valence-corrected chi connectivity index (χ4v) is 3.33. The quantitative estimate of drug-likeness (QED) is 0.537. The van der Waals surface area contributed by atoms with E-state index < -0.39 is 11.4 Å². The molecule has 0 unspecified atom stereocenters. The Hall–Kier alpha value is -2.37. The molecule has 0 aliphatic carbocycles. The van der Waals surface area contributed by atoms with Gasteiger partial charge in [-0.15, -0.1) is 0 Å². The van der Waals surface area contributed by atoms with Gasteiger partial charge in [0.05, 0.1) is 17.6 Å². The molecule has 142 valence electrons. The lowest BCUT2D eigenvalue weighted by Gasteiger charge is -2.20. The fraction of sp³-hybridized carbons (Fsp3) is 0.550. The summed E-state index contributed by atoms with van der Waals surface area (Å²) in [6.07, 6.45) is 3.80. The summed E-state index contributed by atoms with van der Waals surface area (Å²) < 4.78 is 4.90. The van der Waals surface area contributed by atoms with Crippen LogP contribution in [-0.2, 0) is 19.7 Å². The summed E-state index contributed by atoms with van der Waals surface area (Å²) in [5, 5.41) is 9.21. The summed E-state index contributed by atoms with van der Waals surface area (Å²) in [5.41, 5.74) is 1.12. The third-order valence-corrected chi connectivity index (χ3v) is 4.81. The Morgan fingerprint density at radius 3 is 2.50 bits per heavy atom. The molecule has 0 spiro atoms. The van der Waals surface area contributed by atoms with Crippen molar-refractivity contribution in [1.82, 2.24) is 0 Å². The van der Waals surface area contributed by atoms with Crippen molar-refractivity contribution in [2.45, 2.75) is 58.3 Å². The number of rotatable bonds is 9. The van der Waals surface area contributed by atoms with E-state index in [1.54, 1.807) is 30.0 Å². The Bertz CT molecular complexity index is 695. The average Bonchev–Trinajstić information content (AvgIpc) is 2.78. The number of carboxylic acid groups (broad SMARTS) is 1. The topological polar surface area (TPSA) is 83.9 Å². The highest BCUT2D eigenvalue weighted by Gasteiger charge is 2.43. The number of carbonyl (C=O) groups excluding carboxylic acids is 2. The van der Waals surface area contributed by atoms with Crippen molar-refractivity contribution in [3.8, 4) is 0 Å². The van der Waals surface area contributed by atoms with Crippen molar-refractivity contribution in [3.63, 3.8) is 0 Å². The minimum Gasteiger partial charge on any atom is -0.478 e. The maximum atomic E-state index is 12.8. The number of amides is 1. The van der Waals surface area contributed by atoms with Crippen LogP contribution in [0.5, 0.6) is 0 Å². The summed E-state index contributed by atoms with van der Waals surface area (Å²) in [4.78, 5) is 37.0. The zero-order valence-corrected chi connectivity index (χ0v) is 15.7. The maximum Gasteiger partial charge on any atom is 0.335 e. The standard InChI is InChI=1S/C20H27NO5/c1-4-26-17(22)9-7-5-6-8-12-21-16-13-14(18(23)24)10-11-15(16)20(2,3)19(21)25/h10-11,13H,4-9,12H2,1-3H3,(H,23,24). The van der Waals surface area contributed by atoms with Crippen LogP contribution in [0.3, 0.4) is 0 Å². The van der Waals surface area contributed by atoms with E-state index in [9.17, 15) is 19.5 Å². The highest BCUT2D eigenvalue weighted by atomic mass is 16.5. The zero-order valence-electron chi connectivity index (χ0n) is 15.7. The normalized spacial score (nSPS) is 15.0. The predicted molar refractivity (Wildman–Crippen MR) is 98.5 cm³/mol. The Morgan fingerprint density at radius 1 is 1.15 bits per heavy atom. The molecule has 0 aromatic heterocycles. The van der Waals surface area contributed by atoms with Crippen LogP contribution in [0.25, 0.3) is 0 Å². The lowest BCUT2D eigenvalue weighted by molar-refractivity contribution is -0.143. The minimum absolute atomic E-state index is 0.00145. The van der Waals surface area contributed by atoms with Crippen LogP contribution in [0.4, 0.5) is 5.69 Å². The molecular formula is C20H27NO5. The second-order valence-electron chi connectivity index (χ2n) is 7.09. The molecular weight excluding hydrogens is 334 g/mol. The zero-order chi connectivity index (χ0) is 19.3. The Morgan fingerprint density at radius 2 is 1.85 bits per heavy atom. The van der Waals surface area contributed by atoms with Crippen LogP contribution in [0.1, 0.15) is 68.8 Å². The van der Waals surface area contributed by atoms with Crippen LogP contribution < -0.4 is 4.90 Å². The third kappa shape index (κ3) is 4.23. The molecule has 0 fully saturated rings. The van der Waals surface area contributed by atoms with E-state index in [0.717, 1.165) is 31.2 Å². The summed E-state index contributed by atoms with van der Waals surface area (Å²) in [6, 6.07) is 4.89. The van der Waals surface area contributed by atoms with Crippen LogP contribution >= 0.6 is 0 Å². The van der Waals surface area contributed by atoms with E-state index in [2.05, 4.69) is 0 Å². The summed E-state index contributed by atoms with van der Waals surface area (Å²) >= 11 is 0. The van der Waals surface area contributed by atoms with Gasteiger partial charge in [0.2, 0.25) is 5.91 Å². The van der Waals surface area contributed by atoms with Gasteiger partial charge in [-0.3, -0.25) is 9.59 Å². The summed E-state index contributed by atoms with van der Waals surface area (Å²) in [5.74, 6) is -1.16. The first-order valence-electron chi connectivity index (χ1n) is 9.14. The van der Waals surface area contributed by atoms with Gasteiger partial charge < -0.3 is 14.7 Å². The lowest BCUT2D eigenvalue weighted by Crippen LogP contribution is -2.36.